The lowest BCUT2D eigenvalue weighted by atomic mass is 9.80. The molecule has 6 rings (SSSR count). The molecule has 0 atom stereocenters. The Morgan fingerprint density at radius 3 is 0.660 bits per heavy atom. The molecule has 0 fully saturated rings. The van der Waals surface area contributed by atoms with Crippen molar-refractivity contribution in [2.75, 3.05) is 16.0 Å². The molecule has 13 nitrogen and oxygen atoms in total. The van der Waals surface area contributed by atoms with E-state index in [1.54, 1.807) is 72.8 Å². The van der Waals surface area contributed by atoms with E-state index in [1.807, 2.05) is 0 Å². The molecule has 7 N–H and O–H groups in total. The van der Waals surface area contributed by atoms with Crippen LogP contribution in [0.5, 0.6) is 0 Å². The minimum atomic E-state index is -4.34. The lowest BCUT2D eigenvalue weighted by Crippen LogP contribution is -2.28. The van der Waals surface area contributed by atoms with Crippen LogP contribution in [-0.2, 0) is 36.0 Å². The van der Waals surface area contributed by atoms with Gasteiger partial charge in [-0.05, 0) is 126 Å². The van der Waals surface area contributed by atoms with Gasteiger partial charge >= 0.3 is 0 Å². The van der Waals surface area contributed by atoms with Gasteiger partial charge in [0.25, 0.3) is 30.4 Å². The summed E-state index contributed by atoms with van der Waals surface area (Å²) in [5.74, 6) is 0. The third-order valence-electron chi connectivity index (χ3n) is 8.23. The van der Waals surface area contributed by atoms with Gasteiger partial charge in [0.05, 0.1) is 14.7 Å². The molecule has 0 heterocycles. The number of hydrogen-bond acceptors (Lipinski definition) is 10. The summed E-state index contributed by atoms with van der Waals surface area (Å²) in [6.45, 7) is 0. The van der Waals surface area contributed by atoms with Gasteiger partial charge in [0.15, 0.2) is 0 Å². The molecule has 0 aromatic heterocycles. The Morgan fingerprint density at radius 2 is 0.491 bits per heavy atom. The number of rotatable bonds is 12. The van der Waals surface area contributed by atoms with Gasteiger partial charge in [0.2, 0.25) is 0 Å². The second-order valence-corrected chi connectivity index (χ2v) is 16.1. The smallest absolute Gasteiger partial charge is 0.294 e. The molecule has 272 valence electrons. The van der Waals surface area contributed by atoms with E-state index in [0.717, 1.165) is 0 Å². The Kier molecular flexibility index (Phi) is 10.1. The van der Waals surface area contributed by atoms with Crippen LogP contribution in [0.25, 0.3) is 0 Å². The lowest BCUT2D eigenvalue weighted by molar-refractivity contribution is 0.126. The highest BCUT2D eigenvalue weighted by molar-refractivity contribution is 7.86. The van der Waals surface area contributed by atoms with Crippen molar-refractivity contribution in [1.29, 1.82) is 0 Å². The average molecular weight is 774 g/mol. The molecule has 53 heavy (non-hydrogen) atoms. The molecular formula is C37H31N3O10S3. The Bertz CT molecular complexity index is 2280. The van der Waals surface area contributed by atoms with Gasteiger partial charge in [-0.2, -0.15) is 25.3 Å². The molecule has 0 aliphatic rings. The summed E-state index contributed by atoms with van der Waals surface area (Å²) in [5.41, 5.74) is 3.43. The SMILES string of the molecule is O=S(=O)(O)c1ccc(Nc2ccc(C(O)(c3ccc(Nc4ccc(S(=O)(=O)O)cc4)cc3)c3ccc(Nc4ccc(S(=O)(=O)O)cc4)cc3)cc2)cc1. The summed E-state index contributed by atoms with van der Waals surface area (Å²) in [7, 11) is -13.0. The zero-order valence-electron chi connectivity index (χ0n) is 27.3. The zero-order valence-corrected chi connectivity index (χ0v) is 29.8. The van der Waals surface area contributed by atoms with Crippen molar-refractivity contribution in [3.8, 4) is 0 Å². The van der Waals surface area contributed by atoms with Gasteiger partial charge < -0.3 is 21.1 Å². The minimum Gasteiger partial charge on any atom is -0.376 e. The topological polar surface area (TPSA) is 219 Å². The predicted octanol–water partition coefficient (Wildman–Crippen LogP) is 6.94. The van der Waals surface area contributed by atoms with Crippen LogP contribution in [0.2, 0.25) is 0 Å². The van der Waals surface area contributed by atoms with Crippen LogP contribution in [-0.4, -0.2) is 44.0 Å². The van der Waals surface area contributed by atoms with Crippen molar-refractivity contribution >= 4 is 64.5 Å². The van der Waals surface area contributed by atoms with Crippen molar-refractivity contribution in [3.63, 3.8) is 0 Å². The van der Waals surface area contributed by atoms with Crippen molar-refractivity contribution in [2.45, 2.75) is 20.3 Å². The van der Waals surface area contributed by atoms with Crippen LogP contribution < -0.4 is 16.0 Å². The first-order valence-electron chi connectivity index (χ1n) is 15.6. The molecule has 0 amide bonds. The quantitative estimate of drug-likeness (QED) is 0.0496. The largest absolute Gasteiger partial charge is 0.376 e. The number of nitrogens with one attached hydrogen (secondary N) is 3. The third kappa shape index (κ3) is 8.73. The molecule has 0 radical (unpaired) electrons. The van der Waals surface area contributed by atoms with Crippen LogP contribution in [0, 0.1) is 0 Å². The van der Waals surface area contributed by atoms with Gasteiger partial charge in [0.1, 0.15) is 5.60 Å². The summed E-state index contributed by atoms with van der Waals surface area (Å²) >= 11 is 0. The van der Waals surface area contributed by atoms with Crippen LogP contribution in [0.1, 0.15) is 16.7 Å². The summed E-state index contributed by atoms with van der Waals surface area (Å²) in [5, 5.41) is 22.1. The van der Waals surface area contributed by atoms with Crippen LogP contribution in [0.15, 0.2) is 160 Å². The molecule has 0 saturated heterocycles. The highest BCUT2D eigenvalue weighted by Crippen LogP contribution is 2.39. The van der Waals surface area contributed by atoms with E-state index in [0.29, 0.717) is 50.8 Å². The maximum atomic E-state index is 12.6. The molecule has 0 unspecified atom stereocenters. The van der Waals surface area contributed by atoms with Crippen molar-refractivity contribution in [3.05, 3.63) is 162 Å². The van der Waals surface area contributed by atoms with E-state index in [-0.39, 0.29) is 14.7 Å². The van der Waals surface area contributed by atoms with Crippen LogP contribution >= 0.6 is 0 Å². The first-order chi connectivity index (χ1) is 25.0. The normalized spacial score (nSPS) is 12.2. The summed E-state index contributed by atoms with van der Waals surface area (Å²) in [6.07, 6.45) is 0. The molecule has 0 aliphatic heterocycles. The van der Waals surface area contributed by atoms with Gasteiger partial charge in [-0.25, -0.2) is 0 Å². The summed E-state index contributed by atoms with van der Waals surface area (Å²) in [4.78, 5) is -0.719. The Balaban J connectivity index is 1.29. The number of anilines is 6. The zero-order chi connectivity index (χ0) is 38.0. The molecular weight excluding hydrogens is 743 g/mol. The van der Waals surface area contributed by atoms with E-state index >= 15 is 0 Å². The van der Waals surface area contributed by atoms with Crippen molar-refractivity contribution in [1.82, 2.24) is 0 Å². The molecule has 6 aromatic rings. The molecule has 0 saturated carbocycles. The van der Waals surface area contributed by atoms with E-state index in [2.05, 4.69) is 16.0 Å². The fraction of sp³-hybridized carbons (Fsp3) is 0.0270. The molecule has 6 aromatic carbocycles. The van der Waals surface area contributed by atoms with E-state index in [4.69, 9.17) is 0 Å². The average Bonchev–Trinajstić information content (AvgIpc) is 3.12. The van der Waals surface area contributed by atoms with Gasteiger partial charge in [-0.15, -0.1) is 0 Å². The predicted molar refractivity (Wildman–Crippen MR) is 200 cm³/mol. The van der Waals surface area contributed by atoms with Gasteiger partial charge in [-0.3, -0.25) is 13.7 Å². The summed E-state index contributed by atoms with van der Waals surface area (Å²) < 4.78 is 96.2. The highest BCUT2D eigenvalue weighted by Gasteiger charge is 2.34. The van der Waals surface area contributed by atoms with Gasteiger partial charge in [-0.1, -0.05) is 36.4 Å². The maximum Gasteiger partial charge on any atom is 0.294 e. The van der Waals surface area contributed by atoms with E-state index in [9.17, 15) is 44.0 Å². The maximum absolute atomic E-state index is 12.6. The highest BCUT2D eigenvalue weighted by atomic mass is 32.2. The third-order valence-corrected chi connectivity index (χ3v) is 10.8. The van der Waals surface area contributed by atoms with Crippen molar-refractivity contribution in [2.24, 2.45) is 0 Å². The molecule has 0 bridgehead atoms. The summed E-state index contributed by atoms with van der Waals surface area (Å²) in [6, 6.07) is 37.5. The second-order valence-electron chi connectivity index (χ2n) is 11.8. The van der Waals surface area contributed by atoms with Gasteiger partial charge in [0, 0.05) is 34.1 Å². The van der Waals surface area contributed by atoms with Crippen molar-refractivity contribution < 1.29 is 44.0 Å². The molecule has 16 heteroatoms. The fourth-order valence-electron chi connectivity index (χ4n) is 5.52. The van der Waals surface area contributed by atoms with Crippen LogP contribution in [0.4, 0.5) is 34.1 Å². The Labute approximate surface area is 305 Å². The molecule has 0 spiro atoms. The minimum absolute atomic E-state index is 0.240. The van der Waals surface area contributed by atoms with Crippen LogP contribution in [0.3, 0.4) is 0 Å². The fourth-order valence-corrected chi connectivity index (χ4v) is 6.96. The van der Waals surface area contributed by atoms with E-state index < -0.39 is 36.0 Å². The number of hydrogen-bond donors (Lipinski definition) is 7. The Hall–Kier alpha value is -5.59. The molecule has 0 aliphatic carbocycles. The lowest BCUT2D eigenvalue weighted by Gasteiger charge is -2.31. The van der Waals surface area contributed by atoms with E-state index in [1.165, 1.54) is 72.8 Å². The first-order valence-corrected chi connectivity index (χ1v) is 19.9. The number of benzene rings is 6. The number of aliphatic hydroxyl groups is 1. The first kappa shape index (κ1) is 37.2. The standard InChI is InChI=1S/C37H31N3O10S3/c41-37(25-1-7-28(8-2-25)38-31-13-19-34(20-14-31)51(42,43)44,26-3-9-29(10-4-26)39-32-15-21-35(22-16-32)52(45,46)47)27-5-11-30(12-6-27)40-33-17-23-36(24-18-33)53(48,49)50/h1-24,38-41H,(H,42,43,44)(H,45,46,47)(H,48,49,50). The Morgan fingerprint density at radius 1 is 0.321 bits per heavy atom. The monoisotopic (exact) mass is 773 g/mol. The second kappa shape index (κ2) is 14.4.